The maximum absolute atomic E-state index is 11.7. The summed E-state index contributed by atoms with van der Waals surface area (Å²) in [5.74, 6) is -0.298. The lowest BCUT2D eigenvalue weighted by Gasteiger charge is -2.14. The van der Waals surface area contributed by atoms with E-state index >= 15 is 0 Å². The molecule has 0 radical (unpaired) electrons. The normalized spacial score (nSPS) is 16.4. The summed E-state index contributed by atoms with van der Waals surface area (Å²) in [4.78, 5) is 22.9. The summed E-state index contributed by atoms with van der Waals surface area (Å²) >= 11 is 0. The zero-order chi connectivity index (χ0) is 14.1. The monoisotopic (exact) mass is 267 g/mol. The van der Waals surface area contributed by atoms with Gasteiger partial charge in [0.15, 0.2) is 5.78 Å². The number of cyclic esters (lactones) is 1. The molecule has 2 aromatic rings. The standard InChI is InChI=1S/C16H13NO3/c1-10(18)11-6-8-12(9-7-11)17-15-13-4-2-3-5-14(13)16(19)20-15/h2-9,15,17H,1H3. The van der Waals surface area contributed by atoms with Crippen LogP contribution in [-0.2, 0) is 4.74 Å². The molecule has 1 aliphatic rings. The topological polar surface area (TPSA) is 55.4 Å². The number of hydrogen-bond acceptors (Lipinski definition) is 4. The Balaban J connectivity index is 1.82. The lowest BCUT2D eigenvalue weighted by molar-refractivity contribution is 0.0437. The van der Waals surface area contributed by atoms with Crippen molar-refractivity contribution in [1.82, 2.24) is 0 Å². The van der Waals surface area contributed by atoms with Crippen LogP contribution >= 0.6 is 0 Å². The minimum absolute atomic E-state index is 0.0224. The first kappa shape index (κ1) is 12.4. The van der Waals surface area contributed by atoms with Gasteiger partial charge in [-0.15, -0.1) is 0 Å². The molecule has 2 aromatic carbocycles. The average molecular weight is 267 g/mol. The number of carbonyl (C=O) groups is 2. The zero-order valence-electron chi connectivity index (χ0n) is 10.9. The molecule has 1 unspecified atom stereocenters. The predicted molar refractivity (Wildman–Crippen MR) is 74.7 cm³/mol. The second-order valence-corrected chi connectivity index (χ2v) is 4.65. The van der Waals surface area contributed by atoms with E-state index in [2.05, 4.69) is 5.32 Å². The van der Waals surface area contributed by atoms with Crippen LogP contribution in [0.5, 0.6) is 0 Å². The molecule has 0 aromatic heterocycles. The van der Waals surface area contributed by atoms with E-state index in [-0.39, 0.29) is 11.8 Å². The molecule has 1 atom stereocenters. The number of Topliss-reactive ketones (excluding diaryl/α,β-unsaturated/α-hetero) is 1. The Hall–Kier alpha value is -2.62. The van der Waals surface area contributed by atoms with E-state index in [4.69, 9.17) is 4.74 Å². The lowest BCUT2D eigenvalue weighted by Crippen LogP contribution is -2.10. The van der Waals surface area contributed by atoms with Gasteiger partial charge >= 0.3 is 5.97 Å². The van der Waals surface area contributed by atoms with Crippen LogP contribution in [0.2, 0.25) is 0 Å². The summed E-state index contributed by atoms with van der Waals surface area (Å²) in [7, 11) is 0. The Morgan fingerprint density at radius 1 is 1.10 bits per heavy atom. The Morgan fingerprint density at radius 3 is 2.50 bits per heavy atom. The highest BCUT2D eigenvalue weighted by Gasteiger charge is 2.30. The van der Waals surface area contributed by atoms with Crippen molar-refractivity contribution >= 4 is 17.4 Å². The van der Waals surface area contributed by atoms with Gasteiger partial charge in [0.05, 0.1) is 5.56 Å². The van der Waals surface area contributed by atoms with Gasteiger partial charge in [-0.25, -0.2) is 4.79 Å². The van der Waals surface area contributed by atoms with E-state index in [1.165, 1.54) is 6.92 Å². The quantitative estimate of drug-likeness (QED) is 0.685. The summed E-state index contributed by atoms with van der Waals surface area (Å²) < 4.78 is 5.30. The van der Waals surface area contributed by atoms with Gasteiger partial charge in [0.1, 0.15) is 0 Å². The number of benzene rings is 2. The van der Waals surface area contributed by atoms with Gasteiger partial charge in [0.25, 0.3) is 0 Å². The maximum Gasteiger partial charge on any atom is 0.340 e. The van der Waals surface area contributed by atoms with Crippen molar-refractivity contribution in [1.29, 1.82) is 0 Å². The van der Waals surface area contributed by atoms with E-state index < -0.39 is 6.23 Å². The molecule has 0 saturated heterocycles. The molecule has 1 aliphatic heterocycles. The molecule has 0 saturated carbocycles. The van der Waals surface area contributed by atoms with Crippen molar-refractivity contribution in [3.8, 4) is 0 Å². The third-order valence-corrected chi connectivity index (χ3v) is 3.28. The molecular weight excluding hydrogens is 254 g/mol. The summed E-state index contributed by atoms with van der Waals surface area (Å²) in [5.41, 5.74) is 2.86. The van der Waals surface area contributed by atoms with Crippen LogP contribution in [0.15, 0.2) is 48.5 Å². The number of esters is 1. The highest BCUT2D eigenvalue weighted by Crippen LogP contribution is 2.31. The Bertz CT molecular complexity index is 676. The Labute approximate surface area is 116 Å². The van der Waals surface area contributed by atoms with E-state index in [1.807, 2.05) is 18.2 Å². The average Bonchev–Trinajstić information content (AvgIpc) is 2.77. The van der Waals surface area contributed by atoms with Gasteiger partial charge in [-0.3, -0.25) is 4.79 Å². The summed E-state index contributed by atoms with van der Waals surface area (Å²) in [6, 6.07) is 14.4. The molecule has 4 heteroatoms. The molecule has 0 amide bonds. The molecule has 0 bridgehead atoms. The van der Waals surface area contributed by atoms with Gasteiger partial charge < -0.3 is 10.1 Å². The SMILES string of the molecule is CC(=O)c1ccc(NC2OC(=O)c3ccccc32)cc1. The first-order valence-corrected chi connectivity index (χ1v) is 6.32. The number of anilines is 1. The molecule has 4 nitrogen and oxygen atoms in total. The smallest absolute Gasteiger partial charge is 0.340 e. The molecule has 100 valence electrons. The van der Waals surface area contributed by atoms with Crippen molar-refractivity contribution in [2.24, 2.45) is 0 Å². The van der Waals surface area contributed by atoms with Gasteiger partial charge in [-0.05, 0) is 37.3 Å². The van der Waals surface area contributed by atoms with E-state index in [1.54, 1.807) is 30.3 Å². The van der Waals surface area contributed by atoms with Crippen LogP contribution in [0.25, 0.3) is 0 Å². The number of hydrogen-bond donors (Lipinski definition) is 1. The maximum atomic E-state index is 11.7. The molecule has 0 fully saturated rings. The van der Waals surface area contributed by atoms with E-state index in [0.29, 0.717) is 11.1 Å². The predicted octanol–water partition coefficient (Wildman–Crippen LogP) is 3.17. The third-order valence-electron chi connectivity index (χ3n) is 3.28. The molecular formula is C16H13NO3. The molecule has 20 heavy (non-hydrogen) atoms. The van der Waals surface area contributed by atoms with Crippen molar-refractivity contribution in [3.05, 3.63) is 65.2 Å². The number of carbonyl (C=O) groups excluding carboxylic acids is 2. The lowest BCUT2D eigenvalue weighted by atomic mass is 10.1. The minimum atomic E-state index is -0.484. The van der Waals surface area contributed by atoms with Crippen molar-refractivity contribution < 1.29 is 14.3 Å². The van der Waals surface area contributed by atoms with Crippen molar-refractivity contribution in [2.75, 3.05) is 5.32 Å². The number of ether oxygens (including phenoxy) is 1. The summed E-state index contributed by atoms with van der Waals surface area (Å²) in [5, 5.41) is 3.14. The van der Waals surface area contributed by atoms with Gasteiger partial charge in [0.2, 0.25) is 6.23 Å². The fourth-order valence-corrected chi connectivity index (χ4v) is 2.21. The van der Waals surface area contributed by atoms with Gasteiger partial charge in [-0.1, -0.05) is 18.2 Å². The Kier molecular flexibility index (Phi) is 2.99. The first-order valence-electron chi connectivity index (χ1n) is 6.32. The van der Waals surface area contributed by atoms with Crippen LogP contribution in [0.1, 0.15) is 39.4 Å². The second-order valence-electron chi connectivity index (χ2n) is 4.65. The van der Waals surface area contributed by atoms with Crippen LogP contribution in [0.4, 0.5) is 5.69 Å². The van der Waals surface area contributed by atoms with Crippen LogP contribution in [-0.4, -0.2) is 11.8 Å². The number of rotatable bonds is 3. The second kappa shape index (κ2) is 4.81. The van der Waals surface area contributed by atoms with Gasteiger partial charge in [-0.2, -0.15) is 0 Å². The van der Waals surface area contributed by atoms with Crippen LogP contribution < -0.4 is 5.32 Å². The summed E-state index contributed by atoms with van der Waals surface area (Å²) in [6.45, 7) is 1.53. The van der Waals surface area contributed by atoms with Crippen LogP contribution in [0.3, 0.4) is 0 Å². The van der Waals surface area contributed by atoms with Crippen LogP contribution in [0, 0.1) is 0 Å². The highest BCUT2D eigenvalue weighted by molar-refractivity contribution is 5.95. The molecule has 0 spiro atoms. The fourth-order valence-electron chi connectivity index (χ4n) is 2.21. The number of nitrogens with one attached hydrogen (secondary N) is 1. The van der Waals surface area contributed by atoms with E-state index in [9.17, 15) is 9.59 Å². The molecule has 1 heterocycles. The minimum Gasteiger partial charge on any atom is -0.434 e. The van der Waals surface area contributed by atoms with Crippen molar-refractivity contribution in [3.63, 3.8) is 0 Å². The number of fused-ring (bicyclic) bond motifs is 1. The number of ketones is 1. The summed E-state index contributed by atoms with van der Waals surface area (Å²) in [6.07, 6.45) is -0.484. The van der Waals surface area contributed by atoms with E-state index in [0.717, 1.165) is 11.3 Å². The highest BCUT2D eigenvalue weighted by atomic mass is 16.6. The largest absolute Gasteiger partial charge is 0.434 e. The fraction of sp³-hybridized carbons (Fsp3) is 0.125. The molecule has 3 rings (SSSR count). The zero-order valence-corrected chi connectivity index (χ0v) is 10.9. The first-order chi connectivity index (χ1) is 9.65. The molecule has 0 aliphatic carbocycles. The van der Waals surface area contributed by atoms with Crippen molar-refractivity contribution in [2.45, 2.75) is 13.2 Å². The molecule has 1 N–H and O–H groups in total. The third kappa shape index (κ3) is 2.16. The van der Waals surface area contributed by atoms with Gasteiger partial charge in [0, 0.05) is 16.8 Å². The Morgan fingerprint density at radius 2 is 1.80 bits per heavy atom.